The van der Waals surface area contributed by atoms with Crippen molar-refractivity contribution in [1.82, 2.24) is 9.78 Å². The van der Waals surface area contributed by atoms with Gasteiger partial charge < -0.3 is 9.47 Å². The maximum Gasteiger partial charge on any atom is 0.239 e. The first kappa shape index (κ1) is 13.7. The Morgan fingerprint density at radius 2 is 2.00 bits per heavy atom. The van der Waals surface area contributed by atoms with E-state index >= 15 is 0 Å². The van der Waals surface area contributed by atoms with E-state index in [1.807, 2.05) is 31.2 Å². The molecule has 0 aliphatic carbocycles. The SMILES string of the molecule is COc1nn(-c2[c-]cccc2)c(OC)c1C.[Ir]. The van der Waals surface area contributed by atoms with Gasteiger partial charge in [0.2, 0.25) is 11.8 Å². The number of para-hydroxylation sites is 1. The number of hydrogen-bond acceptors (Lipinski definition) is 3. The molecule has 0 saturated heterocycles. The third kappa shape index (κ3) is 2.51. The molecule has 0 spiro atoms. The average Bonchev–Trinajstić information content (AvgIpc) is 2.66. The molecule has 0 saturated carbocycles. The summed E-state index contributed by atoms with van der Waals surface area (Å²) in [4.78, 5) is 0. The van der Waals surface area contributed by atoms with E-state index in [0.29, 0.717) is 11.8 Å². The van der Waals surface area contributed by atoms with Crippen LogP contribution in [0.15, 0.2) is 24.3 Å². The average molecular weight is 409 g/mol. The van der Waals surface area contributed by atoms with Gasteiger partial charge in [-0.05, 0) is 12.6 Å². The summed E-state index contributed by atoms with van der Waals surface area (Å²) in [6.45, 7) is 1.91. The monoisotopic (exact) mass is 410 g/mol. The molecule has 93 valence electrons. The summed E-state index contributed by atoms with van der Waals surface area (Å²) in [7, 11) is 3.21. The number of aromatic nitrogens is 2. The van der Waals surface area contributed by atoms with Gasteiger partial charge in [-0.2, -0.15) is 24.3 Å². The van der Waals surface area contributed by atoms with E-state index in [9.17, 15) is 0 Å². The van der Waals surface area contributed by atoms with Crippen LogP contribution in [-0.2, 0) is 20.1 Å². The normalized spacial score (nSPS) is 9.59. The van der Waals surface area contributed by atoms with Gasteiger partial charge in [0.05, 0.1) is 19.8 Å². The minimum absolute atomic E-state index is 0. The fourth-order valence-corrected chi connectivity index (χ4v) is 1.57. The molecule has 0 fully saturated rings. The summed E-state index contributed by atoms with van der Waals surface area (Å²) in [6.07, 6.45) is 0. The molecular weight excluding hydrogens is 396 g/mol. The summed E-state index contributed by atoms with van der Waals surface area (Å²) in [6, 6.07) is 10.7. The standard InChI is InChI=1S/C12H13N2O2.Ir/c1-9-11(15-2)13-14(12(9)16-3)10-7-5-4-6-8-10;/h4-7H,1-3H3;/q-1;. The Labute approximate surface area is 114 Å². The van der Waals surface area contributed by atoms with E-state index in [1.54, 1.807) is 18.9 Å². The quantitative estimate of drug-likeness (QED) is 0.728. The van der Waals surface area contributed by atoms with Gasteiger partial charge in [0.15, 0.2) is 0 Å². The number of nitrogens with zero attached hydrogens (tertiary/aromatic N) is 2. The Morgan fingerprint density at radius 3 is 2.53 bits per heavy atom. The topological polar surface area (TPSA) is 36.3 Å². The van der Waals surface area contributed by atoms with Crippen molar-refractivity contribution in [1.29, 1.82) is 0 Å². The molecule has 1 aromatic carbocycles. The third-order valence-corrected chi connectivity index (χ3v) is 2.33. The van der Waals surface area contributed by atoms with Gasteiger partial charge in [0.1, 0.15) is 0 Å². The zero-order chi connectivity index (χ0) is 11.5. The number of ether oxygens (including phenoxy) is 2. The van der Waals surface area contributed by atoms with Crippen LogP contribution in [0.1, 0.15) is 5.56 Å². The molecule has 1 radical (unpaired) electrons. The summed E-state index contributed by atoms with van der Waals surface area (Å²) in [5, 5.41) is 4.31. The van der Waals surface area contributed by atoms with Crippen molar-refractivity contribution in [2.75, 3.05) is 14.2 Å². The van der Waals surface area contributed by atoms with Crippen LogP contribution in [0, 0.1) is 13.0 Å². The molecule has 0 unspecified atom stereocenters. The maximum atomic E-state index is 5.31. The first-order chi connectivity index (χ1) is 7.77. The zero-order valence-corrected chi connectivity index (χ0v) is 12.2. The van der Waals surface area contributed by atoms with Crippen LogP contribution < -0.4 is 9.47 Å². The van der Waals surface area contributed by atoms with Crippen molar-refractivity contribution in [2.24, 2.45) is 0 Å². The van der Waals surface area contributed by atoms with Gasteiger partial charge in [-0.25, -0.2) is 4.68 Å². The molecule has 1 aromatic heterocycles. The molecule has 0 N–H and O–H groups in total. The number of methoxy groups -OCH3 is 2. The minimum Gasteiger partial charge on any atom is -0.481 e. The van der Waals surface area contributed by atoms with Crippen molar-refractivity contribution in [2.45, 2.75) is 6.92 Å². The van der Waals surface area contributed by atoms with Crippen molar-refractivity contribution in [3.8, 4) is 17.4 Å². The smallest absolute Gasteiger partial charge is 0.239 e. The molecular formula is C12H13IrN2O2-. The minimum atomic E-state index is 0. The van der Waals surface area contributed by atoms with Crippen LogP contribution in [0.2, 0.25) is 0 Å². The van der Waals surface area contributed by atoms with Gasteiger partial charge in [-0.15, -0.1) is 11.2 Å². The van der Waals surface area contributed by atoms with Crippen molar-refractivity contribution >= 4 is 0 Å². The van der Waals surface area contributed by atoms with E-state index < -0.39 is 0 Å². The predicted octanol–water partition coefficient (Wildman–Crippen LogP) is 2.00. The molecule has 5 heteroatoms. The fraction of sp³-hybridized carbons (Fsp3) is 0.250. The third-order valence-electron chi connectivity index (χ3n) is 2.33. The van der Waals surface area contributed by atoms with Gasteiger partial charge >= 0.3 is 0 Å². The molecule has 1 heterocycles. The van der Waals surface area contributed by atoms with E-state index in [4.69, 9.17) is 9.47 Å². The molecule has 2 rings (SSSR count). The van der Waals surface area contributed by atoms with Gasteiger partial charge in [-0.3, -0.25) is 0 Å². The Hall–Kier alpha value is -1.32. The summed E-state index contributed by atoms with van der Waals surface area (Å²) < 4.78 is 12.2. The summed E-state index contributed by atoms with van der Waals surface area (Å²) >= 11 is 0. The zero-order valence-electron chi connectivity index (χ0n) is 9.85. The first-order valence-corrected chi connectivity index (χ1v) is 4.92. The number of rotatable bonds is 3. The first-order valence-electron chi connectivity index (χ1n) is 4.92. The van der Waals surface area contributed by atoms with Crippen LogP contribution in [0.4, 0.5) is 0 Å². The van der Waals surface area contributed by atoms with Crippen molar-refractivity contribution < 1.29 is 29.6 Å². The molecule has 0 atom stereocenters. The second kappa shape index (κ2) is 5.84. The predicted molar refractivity (Wildman–Crippen MR) is 60.2 cm³/mol. The molecule has 0 aliphatic heterocycles. The molecule has 0 bridgehead atoms. The second-order valence-corrected chi connectivity index (χ2v) is 3.30. The van der Waals surface area contributed by atoms with Crippen molar-refractivity contribution in [3.63, 3.8) is 0 Å². The van der Waals surface area contributed by atoms with Gasteiger partial charge in [-0.1, -0.05) is 0 Å². The fourth-order valence-electron chi connectivity index (χ4n) is 1.57. The van der Waals surface area contributed by atoms with E-state index in [2.05, 4.69) is 11.2 Å². The Kier molecular flexibility index (Phi) is 4.72. The second-order valence-electron chi connectivity index (χ2n) is 3.30. The Morgan fingerprint density at radius 1 is 1.24 bits per heavy atom. The van der Waals surface area contributed by atoms with Crippen LogP contribution in [-0.4, -0.2) is 24.0 Å². The van der Waals surface area contributed by atoms with E-state index in [0.717, 1.165) is 11.3 Å². The van der Waals surface area contributed by atoms with Gasteiger partial charge in [0.25, 0.3) is 0 Å². The summed E-state index contributed by atoms with van der Waals surface area (Å²) in [5.74, 6) is 1.23. The van der Waals surface area contributed by atoms with E-state index in [1.165, 1.54) is 0 Å². The largest absolute Gasteiger partial charge is 0.481 e. The van der Waals surface area contributed by atoms with Crippen LogP contribution in [0.3, 0.4) is 0 Å². The molecule has 2 aromatic rings. The maximum absolute atomic E-state index is 5.31. The number of benzene rings is 1. The number of hydrogen-bond donors (Lipinski definition) is 0. The summed E-state index contributed by atoms with van der Waals surface area (Å²) in [5.41, 5.74) is 1.70. The van der Waals surface area contributed by atoms with Crippen LogP contribution in [0.25, 0.3) is 5.69 Å². The Balaban J connectivity index is 0.00000144. The molecule has 0 amide bonds. The van der Waals surface area contributed by atoms with Gasteiger partial charge in [0, 0.05) is 20.1 Å². The van der Waals surface area contributed by atoms with Crippen LogP contribution >= 0.6 is 0 Å². The molecule has 17 heavy (non-hydrogen) atoms. The Bertz CT molecular complexity index is 483. The molecule has 4 nitrogen and oxygen atoms in total. The van der Waals surface area contributed by atoms with Crippen molar-refractivity contribution in [3.05, 3.63) is 35.9 Å². The molecule has 0 aliphatic rings. The van der Waals surface area contributed by atoms with E-state index in [-0.39, 0.29) is 20.1 Å². The van der Waals surface area contributed by atoms with Crippen LogP contribution in [0.5, 0.6) is 11.8 Å².